The van der Waals surface area contributed by atoms with Gasteiger partial charge in [-0.2, -0.15) is 0 Å². The third-order valence-electron chi connectivity index (χ3n) is 4.12. The molecule has 0 aliphatic rings. The summed E-state index contributed by atoms with van der Waals surface area (Å²) in [6.07, 6.45) is -0.0179. The van der Waals surface area contributed by atoms with Crippen molar-refractivity contribution >= 4 is 35.1 Å². The second-order valence-electron chi connectivity index (χ2n) is 6.21. The second-order valence-corrected chi connectivity index (χ2v) is 7.05. The maximum Gasteiger partial charge on any atom is 0.310 e. The number of amides is 1. The van der Waals surface area contributed by atoms with Crippen molar-refractivity contribution in [1.29, 1.82) is 0 Å². The van der Waals surface area contributed by atoms with E-state index in [1.807, 2.05) is 39.0 Å². The van der Waals surface area contributed by atoms with Gasteiger partial charge in [0.2, 0.25) is 0 Å². The highest BCUT2D eigenvalue weighted by atomic mass is 35.5. The van der Waals surface area contributed by atoms with Crippen molar-refractivity contribution in [3.8, 4) is 0 Å². The van der Waals surface area contributed by atoms with Crippen molar-refractivity contribution < 1.29 is 14.3 Å². The Labute approximate surface area is 163 Å². The first kappa shape index (κ1) is 20.3. The van der Waals surface area contributed by atoms with E-state index in [0.29, 0.717) is 15.6 Å². The smallest absolute Gasteiger partial charge is 0.310 e. The average Bonchev–Trinajstić information content (AvgIpc) is 2.58. The van der Waals surface area contributed by atoms with E-state index in [1.54, 1.807) is 18.2 Å². The van der Waals surface area contributed by atoms with Crippen molar-refractivity contribution in [2.24, 2.45) is 0 Å². The van der Waals surface area contributed by atoms with Crippen molar-refractivity contribution in [2.75, 3.05) is 6.61 Å². The molecule has 4 nitrogen and oxygen atoms in total. The van der Waals surface area contributed by atoms with Gasteiger partial charge < -0.3 is 10.1 Å². The van der Waals surface area contributed by atoms with Gasteiger partial charge in [0.1, 0.15) is 0 Å². The molecule has 0 spiro atoms. The molecule has 2 rings (SSSR count). The fourth-order valence-electron chi connectivity index (χ4n) is 2.42. The van der Waals surface area contributed by atoms with Gasteiger partial charge in [0.05, 0.1) is 12.5 Å². The van der Waals surface area contributed by atoms with Crippen LogP contribution in [0.4, 0.5) is 0 Å². The fraction of sp³-hybridized carbons (Fsp3) is 0.300. The van der Waals surface area contributed by atoms with Gasteiger partial charge in [-0.15, -0.1) is 0 Å². The zero-order valence-corrected chi connectivity index (χ0v) is 16.4. The summed E-state index contributed by atoms with van der Waals surface area (Å²) in [5.41, 5.74) is 3.96. The first-order chi connectivity index (χ1) is 12.3. The molecule has 0 radical (unpaired) electrons. The Hall–Kier alpha value is -2.04. The molecule has 0 unspecified atom stereocenters. The van der Waals surface area contributed by atoms with Crippen LogP contribution in [0.5, 0.6) is 0 Å². The van der Waals surface area contributed by atoms with Gasteiger partial charge >= 0.3 is 5.97 Å². The Morgan fingerprint density at radius 1 is 1.08 bits per heavy atom. The molecule has 0 saturated heterocycles. The summed E-state index contributed by atoms with van der Waals surface area (Å²) in [7, 11) is 0. The highest BCUT2D eigenvalue weighted by molar-refractivity contribution is 6.35. The Bertz CT molecular complexity index is 821. The van der Waals surface area contributed by atoms with E-state index in [-0.39, 0.29) is 25.0 Å². The number of rotatable bonds is 6. The Balaban J connectivity index is 1.83. The minimum absolute atomic E-state index is 0.0179. The zero-order chi connectivity index (χ0) is 19.3. The van der Waals surface area contributed by atoms with Gasteiger partial charge in [0.15, 0.2) is 6.61 Å². The van der Waals surface area contributed by atoms with Crippen LogP contribution in [0.1, 0.15) is 35.2 Å². The fourth-order valence-corrected chi connectivity index (χ4v) is 2.89. The quantitative estimate of drug-likeness (QED) is 0.730. The summed E-state index contributed by atoms with van der Waals surface area (Å²) in [4.78, 5) is 23.9. The van der Waals surface area contributed by atoms with Gasteiger partial charge in [-0.3, -0.25) is 9.59 Å². The van der Waals surface area contributed by atoms with E-state index in [0.717, 1.165) is 11.1 Å². The molecule has 1 atom stereocenters. The number of esters is 1. The predicted molar refractivity (Wildman–Crippen MR) is 104 cm³/mol. The van der Waals surface area contributed by atoms with Gasteiger partial charge in [0, 0.05) is 10.0 Å². The van der Waals surface area contributed by atoms with E-state index in [4.69, 9.17) is 27.9 Å². The number of aryl methyl sites for hydroxylation is 2. The van der Waals surface area contributed by atoms with E-state index >= 15 is 0 Å². The summed E-state index contributed by atoms with van der Waals surface area (Å²) in [6, 6.07) is 10.7. The molecule has 0 saturated carbocycles. The average molecular weight is 394 g/mol. The molecule has 1 amide bonds. The second kappa shape index (κ2) is 9.06. The lowest BCUT2D eigenvalue weighted by Gasteiger charge is -2.16. The normalized spacial score (nSPS) is 11.7. The standard InChI is InChI=1S/C20H21Cl2NO3/c1-12-4-5-15(8-13(12)2)14(3)23-19(24)11-26-20(25)9-16-6-7-17(21)10-18(16)22/h4-8,10,14H,9,11H2,1-3H3,(H,23,24)/t14-/m1/s1. The number of halogens is 2. The molecular weight excluding hydrogens is 373 g/mol. The molecule has 0 aliphatic heterocycles. The van der Waals surface area contributed by atoms with Crippen LogP contribution in [0.15, 0.2) is 36.4 Å². The Morgan fingerprint density at radius 2 is 1.81 bits per heavy atom. The van der Waals surface area contributed by atoms with Crippen LogP contribution in [0, 0.1) is 13.8 Å². The van der Waals surface area contributed by atoms with Crippen LogP contribution in [-0.4, -0.2) is 18.5 Å². The number of ether oxygens (including phenoxy) is 1. The van der Waals surface area contributed by atoms with E-state index < -0.39 is 5.97 Å². The first-order valence-corrected chi connectivity index (χ1v) is 8.98. The number of hydrogen-bond acceptors (Lipinski definition) is 3. The van der Waals surface area contributed by atoms with Gasteiger partial charge in [0.25, 0.3) is 5.91 Å². The largest absolute Gasteiger partial charge is 0.455 e. The molecular formula is C20H21Cl2NO3. The lowest BCUT2D eigenvalue weighted by Crippen LogP contribution is -2.31. The molecule has 2 aromatic carbocycles. The van der Waals surface area contributed by atoms with Crippen molar-refractivity contribution in [3.63, 3.8) is 0 Å². The molecule has 0 aliphatic carbocycles. The van der Waals surface area contributed by atoms with Crippen molar-refractivity contribution in [3.05, 3.63) is 68.7 Å². The molecule has 0 fully saturated rings. The highest BCUT2D eigenvalue weighted by Crippen LogP contribution is 2.21. The predicted octanol–water partition coefficient (Wildman–Crippen LogP) is 4.57. The first-order valence-electron chi connectivity index (χ1n) is 8.22. The maximum atomic E-state index is 12.0. The van der Waals surface area contributed by atoms with Crippen LogP contribution in [0.25, 0.3) is 0 Å². The third-order valence-corrected chi connectivity index (χ3v) is 4.71. The minimum atomic E-state index is -0.525. The van der Waals surface area contributed by atoms with Crippen LogP contribution in [0.3, 0.4) is 0 Å². The Kier molecular flexibility index (Phi) is 7.06. The third kappa shape index (κ3) is 5.75. The zero-order valence-electron chi connectivity index (χ0n) is 14.9. The summed E-state index contributed by atoms with van der Waals surface area (Å²) < 4.78 is 5.03. The molecule has 0 heterocycles. The number of nitrogens with one attached hydrogen (secondary N) is 1. The lowest BCUT2D eigenvalue weighted by molar-refractivity contribution is -0.148. The van der Waals surface area contributed by atoms with Crippen LogP contribution in [0.2, 0.25) is 10.0 Å². The lowest BCUT2D eigenvalue weighted by atomic mass is 10.0. The van der Waals surface area contributed by atoms with Gasteiger partial charge in [-0.1, -0.05) is 47.5 Å². The Morgan fingerprint density at radius 3 is 2.46 bits per heavy atom. The summed E-state index contributed by atoms with van der Waals surface area (Å²) in [6.45, 7) is 5.61. The number of carbonyl (C=O) groups excluding carboxylic acids is 2. The summed E-state index contributed by atoms with van der Waals surface area (Å²) >= 11 is 11.8. The van der Waals surface area contributed by atoms with E-state index in [2.05, 4.69) is 5.32 Å². The monoisotopic (exact) mass is 393 g/mol. The molecule has 2 aromatic rings. The highest BCUT2D eigenvalue weighted by Gasteiger charge is 2.14. The molecule has 0 aromatic heterocycles. The molecule has 138 valence electrons. The maximum absolute atomic E-state index is 12.0. The van der Waals surface area contributed by atoms with Crippen molar-refractivity contribution in [2.45, 2.75) is 33.2 Å². The minimum Gasteiger partial charge on any atom is -0.455 e. The summed E-state index contributed by atoms with van der Waals surface area (Å²) in [5.74, 6) is -0.880. The van der Waals surface area contributed by atoms with Crippen LogP contribution < -0.4 is 5.32 Å². The SMILES string of the molecule is Cc1ccc([C@@H](C)NC(=O)COC(=O)Cc2ccc(Cl)cc2Cl)cc1C. The topological polar surface area (TPSA) is 55.4 Å². The molecule has 0 bridgehead atoms. The number of carbonyl (C=O) groups is 2. The van der Waals surface area contributed by atoms with Crippen LogP contribution in [-0.2, 0) is 20.7 Å². The van der Waals surface area contributed by atoms with E-state index in [1.165, 1.54) is 5.56 Å². The van der Waals surface area contributed by atoms with Gasteiger partial charge in [-0.05, 0) is 55.2 Å². The van der Waals surface area contributed by atoms with Crippen molar-refractivity contribution in [1.82, 2.24) is 5.32 Å². The number of hydrogen-bond donors (Lipinski definition) is 1. The summed E-state index contributed by atoms with van der Waals surface area (Å²) in [5, 5.41) is 3.70. The molecule has 26 heavy (non-hydrogen) atoms. The van der Waals surface area contributed by atoms with Gasteiger partial charge in [-0.25, -0.2) is 0 Å². The molecule has 6 heteroatoms. The molecule has 1 N–H and O–H groups in total. The van der Waals surface area contributed by atoms with Crippen LogP contribution >= 0.6 is 23.2 Å². The number of benzene rings is 2. The van der Waals surface area contributed by atoms with E-state index in [9.17, 15) is 9.59 Å².